The fraction of sp³-hybridized carbons (Fsp3) is 0.300. The van der Waals surface area contributed by atoms with Gasteiger partial charge < -0.3 is 4.74 Å². The smallest absolute Gasteiger partial charge is 0.318 e. The number of para-hydroxylation sites is 1. The summed E-state index contributed by atoms with van der Waals surface area (Å²) in [5, 5.41) is 10.3. The van der Waals surface area contributed by atoms with Crippen LogP contribution in [0.3, 0.4) is 0 Å². The molecule has 16 heavy (non-hydrogen) atoms. The number of carbonyl (C=O) groups is 1. The number of benzene rings is 1. The van der Waals surface area contributed by atoms with Crippen LogP contribution in [-0.2, 0) is 9.53 Å². The molecule has 0 aliphatic carbocycles. The number of thioether (sulfide) groups is 1. The van der Waals surface area contributed by atoms with Gasteiger partial charge >= 0.3 is 5.97 Å². The highest BCUT2D eigenvalue weighted by Crippen LogP contribution is 2.31. The molecular weight excluding hydrogens is 230 g/mol. The molecule has 0 saturated carbocycles. The van der Waals surface area contributed by atoms with Crippen molar-refractivity contribution in [3.8, 4) is 0 Å². The van der Waals surface area contributed by atoms with E-state index in [1.807, 2.05) is 0 Å². The lowest BCUT2D eigenvalue weighted by Gasteiger charge is -2.08. The monoisotopic (exact) mass is 241 g/mol. The number of ether oxygens (including phenoxy) is 1. The Balaban J connectivity index is 2.88. The number of carbonyl (C=O) groups excluding carboxylic acids is 1. The molecule has 0 N–H and O–H groups in total. The van der Waals surface area contributed by atoms with Crippen LogP contribution < -0.4 is 0 Å². The summed E-state index contributed by atoms with van der Waals surface area (Å²) >= 11 is 1.11. The maximum Gasteiger partial charge on any atom is 0.318 e. The molecule has 0 saturated heterocycles. The Kier molecular flexibility index (Phi) is 4.30. The van der Waals surface area contributed by atoms with E-state index < -0.39 is 16.1 Å². The molecule has 1 atom stereocenters. The summed E-state index contributed by atoms with van der Waals surface area (Å²) < 4.78 is 4.55. The summed E-state index contributed by atoms with van der Waals surface area (Å²) in [6, 6.07) is 6.30. The zero-order valence-electron chi connectivity index (χ0n) is 8.88. The molecule has 5 nitrogen and oxygen atoms in total. The molecule has 0 bridgehead atoms. The third-order valence-electron chi connectivity index (χ3n) is 1.90. The number of hydrogen-bond acceptors (Lipinski definition) is 5. The molecule has 0 aliphatic heterocycles. The van der Waals surface area contributed by atoms with Gasteiger partial charge in [-0.2, -0.15) is 0 Å². The van der Waals surface area contributed by atoms with Gasteiger partial charge in [-0.15, -0.1) is 11.8 Å². The van der Waals surface area contributed by atoms with Gasteiger partial charge in [0.25, 0.3) is 5.69 Å². The first-order valence-corrected chi connectivity index (χ1v) is 5.42. The zero-order valence-corrected chi connectivity index (χ0v) is 9.69. The second-order valence-electron chi connectivity index (χ2n) is 3.01. The van der Waals surface area contributed by atoms with Gasteiger partial charge in [0.15, 0.2) is 0 Å². The Labute approximate surface area is 96.9 Å². The zero-order chi connectivity index (χ0) is 12.1. The molecule has 1 aromatic rings. The maximum atomic E-state index is 11.2. The quantitative estimate of drug-likeness (QED) is 0.350. The van der Waals surface area contributed by atoms with E-state index in [1.54, 1.807) is 25.1 Å². The predicted molar refractivity (Wildman–Crippen MR) is 60.4 cm³/mol. The van der Waals surface area contributed by atoms with Crippen molar-refractivity contribution < 1.29 is 14.5 Å². The van der Waals surface area contributed by atoms with E-state index in [-0.39, 0.29) is 5.69 Å². The lowest BCUT2D eigenvalue weighted by atomic mass is 10.3. The van der Waals surface area contributed by atoms with Crippen LogP contribution in [0, 0.1) is 10.1 Å². The van der Waals surface area contributed by atoms with E-state index in [0.717, 1.165) is 11.8 Å². The Bertz CT molecular complexity index is 408. The van der Waals surface area contributed by atoms with Crippen molar-refractivity contribution in [1.29, 1.82) is 0 Å². The van der Waals surface area contributed by atoms with Crippen molar-refractivity contribution in [3.05, 3.63) is 34.4 Å². The van der Waals surface area contributed by atoms with Crippen molar-refractivity contribution >= 4 is 23.4 Å². The van der Waals surface area contributed by atoms with Crippen LogP contribution >= 0.6 is 11.8 Å². The molecule has 1 rings (SSSR count). The first-order chi connectivity index (χ1) is 7.56. The van der Waals surface area contributed by atoms with E-state index >= 15 is 0 Å². The van der Waals surface area contributed by atoms with E-state index in [0.29, 0.717) is 4.90 Å². The Hall–Kier alpha value is -1.56. The predicted octanol–water partition coefficient (Wildman–Crippen LogP) is 2.25. The average molecular weight is 241 g/mol. The highest BCUT2D eigenvalue weighted by molar-refractivity contribution is 8.00. The third kappa shape index (κ3) is 2.96. The molecule has 0 amide bonds. The van der Waals surface area contributed by atoms with Crippen molar-refractivity contribution in [2.24, 2.45) is 0 Å². The van der Waals surface area contributed by atoms with Gasteiger partial charge in [0.2, 0.25) is 0 Å². The van der Waals surface area contributed by atoms with Crippen LogP contribution in [0.25, 0.3) is 0 Å². The van der Waals surface area contributed by atoms with E-state index in [9.17, 15) is 14.9 Å². The standard InChI is InChI=1S/C10H11NO4S/c1-7(10(12)15-2)16-9-6-4-3-5-8(9)11(13)14/h3-7H,1-2H3. The summed E-state index contributed by atoms with van der Waals surface area (Å²) in [6.45, 7) is 1.65. The van der Waals surface area contributed by atoms with Crippen molar-refractivity contribution in [3.63, 3.8) is 0 Å². The van der Waals surface area contributed by atoms with Gasteiger partial charge in [0, 0.05) is 6.07 Å². The van der Waals surface area contributed by atoms with Crippen molar-refractivity contribution in [2.45, 2.75) is 17.1 Å². The van der Waals surface area contributed by atoms with E-state index in [1.165, 1.54) is 13.2 Å². The highest BCUT2D eigenvalue weighted by atomic mass is 32.2. The number of esters is 1. The van der Waals surface area contributed by atoms with Crippen LogP contribution in [0.1, 0.15) is 6.92 Å². The fourth-order valence-corrected chi connectivity index (χ4v) is 2.11. The molecular formula is C10H11NO4S. The minimum absolute atomic E-state index is 0.00301. The number of nitrogens with zero attached hydrogens (tertiary/aromatic N) is 1. The van der Waals surface area contributed by atoms with Gasteiger partial charge in [-0.25, -0.2) is 0 Å². The van der Waals surface area contributed by atoms with Gasteiger partial charge in [-0.05, 0) is 13.0 Å². The molecule has 86 valence electrons. The Morgan fingerprint density at radius 2 is 2.12 bits per heavy atom. The minimum Gasteiger partial charge on any atom is -0.468 e. The topological polar surface area (TPSA) is 69.4 Å². The molecule has 0 spiro atoms. The number of methoxy groups -OCH3 is 1. The highest BCUT2D eigenvalue weighted by Gasteiger charge is 2.20. The molecule has 1 unspecified atom stereocenters. The van der Waals surface area contributed by atoms with Crippen LogP contribution in [0.4, 0.5) is 5.69 Å². The Morgan fingerprint density at radius 1 is 1.50 bits per heavy atom. The van der Waals surface area contributed by atoms with E-state index in [4.69, 9.17) is 0 Å². The van der Waals surface area contributed by atoms with Gasteiger partial charge in [-0.3, -0.25) is 14.9 Å². The molecule has 1 aromatic carbocycles. The summed E-state index contributed by atoms with van der Waals surface area (Å²) in [7, 11) is 1.29. The largest absolute Gasteiger partial charge is 0.468 e. The fourth-order valence-electron chi connectivity index (χ4n) is 1.11. The third-order valence-corrected chi connectivity index (χ3v) is 3.04. The van der Waals surface area contributed by atoms with Crippen LogP contribution in [0.15, 0.2) is 29.2 Å². The summed E-state index contributed by atoms with van der Waals surface area (Å²) in [5.74, 6) is -0.400. The molecule has 0 heterocycles. The van der Waals surface area contributed by atoms with Crippen LogP contribution in [-0.4, -0.2) is 23.3 Å². The SMILES string of the molecule is COC(=O)C(C)Sc1ccccc1[N+](=O)[O-]. The minimum atomic E-state index is -0.467. The lowest BCUT2D eigenvalue weighted by molar-refractivity contribution is -0.387. The summed E-state index contributed by atoms with van der Waals surface area (Å²) in [6.07, 6.45) is 0. The molecule has 0 aromatic heterocycles. The summed E-state index contributed by atoms with van der Waals surface area (Å²) in [5.41, 5.74) is 0.00301. The number of hydrogen-bond donors (Lipinski definition) is 0. The lowest BCUT2D eigenvalue weighted by Crippen LogP contribution is -2.14. The number of nitro benzene ring substituents is 1. The van der Waals surface area contributed by atoms with Crippen molar-refractivity contribution in [2.75, 3.05) is 7.11 Å². The molecule has 0 radical (unpaired) electrons. The Morgan fingerprint density at radius 3 is 2.69 bits per heavy atom. The second kappa shape index (κ2) is 5.50. The van der Waals surface area contributed by atoms with Gasteiger partial charge in [0.1, 0.15) is 5.25 Å². The number of rotatable bonds is 4. The first kappa shape index (κ1) is 12.5. The number of nitro groups is 1. The van der Waals surface area contributed by atoms with E-state index in [2.05, 4.69) is 4.74 Å². The van der Waals surface area contributed by atoms with Gasteiger partial charge in [-0.1, -0.05) is 12.1 Å². The normalized spacial score (nSPS) is 11.9. The van der Waals surface area contributed by atoms with Crippen LogP contribution in [0.2, 0.25) is 0 Å². The van der Waals surface area contributed by atoms with Gasteiger partial charge in [0.05, 0.1) is 16.9 Å². The van der Waals surface area contributed by atoms with Crippen molar-refractivity contribution in [1.82, 2.24) is 0 Å². The second-order valence-corrected chi connectivity index (χ2v) is 4.39. The molecule has 6 heteroatoms. The molecule has 0 fully saturated rings. The summed E-state index contributed by atoms with van der Waals surface area (Å²) in [4.78, 5) is 21.9. The maximum absolute atomic E-state index is 11.2. The average Bonchev–Trinajstić information content (AvgIpc) is 2.28. The molecule has 0 aliphatic rings. The van der Waals surface area contributed by atoms with Crippen LogP contribution in [0.5, 0.6) is 0 Å². The first-order valence-electron chi connectivity index (χ1n) is 4.54.